The molecule has 3 aromatic rings. The molecule has 0 aromatic heterocycles. The number of ether oxygens (including phenoxy) is 4. The highest BCUT2D eigenvalue weighted by atomic mass is 79.9. The fourth-order valence-corrected chi connectivity index (χ4v) is 4.36. The van der Waals surface area contributed by atoms with Gasteiger partial charge < -0.3 is 18.9 Å². The Morgan fingerprint density at radius 3 is 1.64 bits per heavy atom. The first-order valence-corrected chi connectivity index (χ1v) is 12.0. The van der Waals surface area contributed by atoms with Crippen LogP contribution in [0.15, 0.2) is 91.0 Å². The summed E-state index contributed by atoms with van der Waals surface area (Å²) >= 11 is 3.33. The van der Waals surface area contributed by atoms with E-state index in [1.165, 1.54) is 0 Å². The summed E-state index contributed by atoms with van der Waals surface area (Å²) in [6.07, 6.45) is -3.32. The van der Waals surface area contributed by atoms with Gasteiger partial charge in [0.05, 0.1) is 26.4 Å². The molecule has 5 atom stereocenters. The number of halogens is 2. The van der Waals surface area contributed by atoms with Crippen LogP contribution < -0.4 is 0 Å². The normalized spacial score (nSPS) is 25.1. The molecule has 0 aliphatic carbocycles. The number of hydrogen-bond acceptors (Lipinski definition) is 4. The van der Waals surface area contributed by atoms with E-state index in [-0.39, 0.29) is 13.2 Å². The predicted octanol–water partition coefficient (Wildman–Crippen LogP) is 5.83. The maximum Gasteiger partial charge on any atom is 0.165 e. The van der Waals surface area contributed by atoms with Crippen LogP contribution >= 0.6 is 15.9 Å². The van der Waals surface area contributed by atoms with Crippen molar-refractivity contribution in [3.05, 3.63) is 108 Å². The van der Waals surface area contributed by atoms with Gasteiger partial charge in [-0.15, -0.1) is 0 Å². The minimum Gasteiger partial charge on any atom is -0.374 e. The third-order valence-corrected chi connectivity index (χ3v) is 6.24. The second kappa shape index (κ2) is 12.4. The maximum absolute atomic E-state index is 15.3. The summed E-state index contributed by atoms with van der Waals surface area (Å²) in [6.45, 7) is 1.31. The molecular formula is C27H28BrFO4. The third kappa shape index (κ3) is 6.95. The summed E-state index contributed by atoms with van der Waals surface area (Å²) < 4.78 is 39.4. The van der Waals surface area contributed by atoms with E-state index < -0.39 is 29.5 Å². The van der Waals surface area contributed by atoms with E-state index in [0.29, 0.717) is 13.2 Å². The molecule has 0 bridgehead atoms. The number of hydrogen-bond donors (Lipinski definition) is 0. The first-order chi connectivity index (χ1) is 16.2. The second-order valence-corrected chi connectivity index (χ2v) is 8.90. The molecule has 3 aromatic carbocycles. The van der Waals surface area contributed by atoms with Gasteiger partial charge in [0, 0.05) is 0 Å². The molecule has 4 rings (SSSR count). The molecule has 0 saturated carbocycles. The van der Waals surface area contributed by atoms with Crippen molar-refractivity contribution in [3.8, 4) is 0 Å². The number of benzene rings is 3. The quantitative estimate of drug-likeness (QED) is 0.319. The molecule has 0 amide bonds. The summed E-state index contributed by atoms with van der Waals surface area (Å²) in [5.74, 6) is 0. The van der Waals surface area contributed by atoms with Crippen LogP contribution in [-0.4, -0.2) is 36.1 Å². The van der Waals surface area contributed by atoms with Gasteiger partial charge in [0.2, 0.25) is 0 Å². The van der Waals surface area contributed by atoms with E-state index in [2.05, 4.69) is 15.9 Å². The van der Waals surface area contributed by atoms with Crippen molar-refractivity contribution in [1.29, 1.82) is 0 Å². The van der Waals surface area contributed by atoms with Gasteiger partial charge in [-0.2, -0.15) is 0 Å². The van der Waals surface area contributed by atoms with Gasteiger partial charge in [0.25, 0.3) is 0 Å². The Labute approximate surface area is 202 Å². The average Bonchev–Trinajstić information content (AvgIpc) is 2.86. The molecule has 6 heteroatoms. The van der Waals surface area contributed by atoms with E-state index in [9.17, 15) is 0 Å². The van der Waals surface area contributed by atoms with Crippen molar-refractivity contribution in [1.82, 2.24) is 0 Å². The molecule has 1 aliphatic heterocycles. The lowest BCUT2D eigenvalue weighted by Gasteiger charge is -2.41. The fourth-order valence-electron chi connectivity index (χ4n) is 3.78. The van der Waals surface area contributed by atoms with E-state index in [1.54, 1.807) is 0 Å². The Hall–Kier alpha value is -2.09. The van der Waals surface area contributed by atoms with Crippen LogP contribution in [0, 0.1) is 0 Å². The van der Waals surface area contributed by atoms with Gasteiger partial charge in [-0.3, -0.25) is 0 Å². The molecule has 33 heavy (non-hydrogen) atoms. The molecule has 0 radical (unpaired) electrons. The van der Waals surface area contributed by atoms with Crippen LogP contribution in [-0.2, 0) is 38.8 Å². The Bertz CT molecular complexity index is 944. The molecule has 174 valence electrons. The van der Waals surface area contributed by atoms with E-state index >= 15 is 4.39 Å². The van der Waals surface area contributed by atoms with Crippen molar-refractivity contribution in [2.45, 2.75) is 49.3 Å². The largest absolute Gasteiger partial charge is 0.374 e. The van der Waals surface area contributed by atoms with E-state index in [4.69, 9.17) is 18.9 Å². The minimum absolute atomic E-state index is 0.258. The van der Waals surface area contributed by atoms with Crippen LogP contribution in [0.2, 0.25) is 0 Å². The molecule has 0 spiro atoms. The minimum atomic E-state index is -1.39. The van der Waals surface area contributed by atoms with Crippen LogP contribution in [0.4, 0.5) is 4.39 Å². The van der Waals surface area contributed by atoms with Gasteiger partial charge in [0.15, 0.2) is 6.17 Å². The van der Waals surface area contributed by atoms with Crippen molar-refractivity contribution in [2.24, 2.45) is 0 Å². The van der Waals surface area contributed by atoms with Crippen LogP contribution in [0.3, 0.4) is 0 Å². The van der Waals surface area contributed by atoms with E-state index in [1.807, 2.05) is 91.0 Å². The summed E-state index contributed by atoms with van der Waals surface area (Å²) in [4.78, 5) is 0. The van der Waals surface area contributed by atoms with Gasteiger partial charge in [0.1, 0.15) is 23.3 Å². The fraction of sp³-hybridized carbons (Fsp3) is 0.333. The van der Waals surface area contributed by atoms with Crippen LogP contribution in [0.1, 0.15) is 16.7 Å². The Morgan fingerprint density at radius 1 is 0.667 bits per heavy atom. The lowest BCUT2D eigenvalue weighted by atomic mass is 10.0. The van der Waals surface area contributed by atoms with Crippen molar-refractivity contribution < 1.29 is 23.3 Å². The zero-order valence-corrected chi connectivity index (χ0v) is 19.9. The van der Waals surface area contributed by atoms with Crippen molar-refractivity contribution in [3.63, 3.8) is 0 Å². The first-order valence-electron chi connectivity index (χ1n) is 11.1. The number of alkyl halides is 2. The highest BCUT2D eigenvalue weighted by Crippen LogP contribution is 2.32. The standard InChI is InChI=1S/C27H28BrFO4/c28-27-24(29)26(32-18-22-14-8-3-9-15-22)25(31-17-21-12-6-2-7-13-21)23(33-27)19-30-16-20-10-4-1-5-11-20/h1-15,23-27H,16-19H2/t23-,24-,25-,26-,27?/m1/s1. The summed E-state index contributed by atoms with van der Waals surface area (Å²) in [6, 6.07) is 29.4. The lowest BCUT2D eigenvalue weighted by molar-refractivity contribution is -0.228. The second-order valence-electron chi connectivity index (χ2n) is 7.99. The molecule has 1 fully saturated rings. The van der Waals surface area contributed by atoms with Crippen LogP contribution in [0.25, 0.3) is 0 Å². The van der Waals surface area contributed by atoms with Crippen LogP contribution in [0.5, 0.6) is 0 Å². The zero-order chi connectivity index (χ0) is 22.9. The third-order valence-electron chi connectivity index (χ3n) is 5.52. The molecule has 1 heterocycles. The van der Waals surface area contributed by atoms with Gasteiger partial charge in [-0.1, -0.05) is 107 Å². The molecule has 4 nitrogen and oxygen atoms in total. The molecular weight excluding hydrogens is 487 g/mol. The topological polar surface area (TPSA) is 36.9 Å². The average molecular weight is 515 g/mol. The van der Waals surface area contributed by atoms with Crippen molar-refractivity contribution in [2.75, 3.05) is 6.61 Å². The smallest absolute Gasteiger partial charge is 0.165 e. The Morgan fingerprint density at radius 2 is 1.12 bits per heavy atom. The maximum atomic E-state index is 15.3. The summed E-state index contributed by atoms with van der Waals surface area (Å²) in [5.41, 5.74) is 3.03. The SMILES string of the molecule is F[C@H]1C(Br)O[C@H](COCc2ccccc2)[C@@H](OCc2ccccc2)[C@@H]1OCc1ccccc1. The Kier molecular flexibility index (Phi) is 9.03. The Balaban J connectivity index is 1.46. The summed E-state index contributed by atoms with van der Waals surface area (Å²) in [7, 11) is 0. The lowest BCUT2D eigenvalue weighted by Crippen LogP contribution is -2.57. The van der Waals surface area contributed by atoms with Gasteiger partial charge in [-0.25, -0.2) is 4.39 Å². The highest BCUT2D eigenvalue weighted by molar-refractivity contribution is 9.09. The summed E-state index contributed by atoms with van der Waals surface area (Å²) in [5, 5.41) is -0.805. The molecule has 1 aliphatic rings. The molecule has 1 saturated heterocycles. The predicted molar refractivity (Wildman–Crippen MR) is 129 cm³/mol. The number of rotatable bonds is 10. The molecule has 0 N–H and O–H groups in total. The van der Waals surface area contributed by atoms with Gasteiger partial charge in [-0.05, 0) is 16.7 Å². The zero-order valence-electron chi connectivity index (χ0n) is 18.3. The monoisotopic (exact) mass is 514 g/mol. The van der Waals surface area contributed by atoms with Gasteiger partial charge >= 0.3 is 0 Å². The van der Waals surface area contributed by atoms with E-state index in [0.717, 1.165) is 16.7 Å². The van der Waals surface area contributed by atoms with Crippen molar-refractivity contribution >= 4 is 15.9 Å². The molecule has 1 unspecified atom stereocenters. The highest BCUT2D eigenvalue weighted by Gasteiger charge is 2.47. The first kappa shape index (κ1) is 24.0.